The van der Waals surface area contributed by atoms with Crippen LogP contribution >= 0.6 is 0 Å². The summed E-state index contributed by atoms with van der Waals surface area (Å²) in [5.74, 6) is 0. The summed E-state index contributed by atoms with van der Waals surface area (Å²) in [4.78, 5) is 0. The third kappa shape index (κ3) is 5.18. The summed E-state index contributed by atoms with van der Waals surface area (Å²) in [6, 6.07) is 19.8. The summed E-state index contributed by atoms with van der Waals surface area (Å²) in [6.45, 7) is 1.13. The Morgan fingerprint density at radius 2 is 1.35 bits per heavy atom. The molecule has 0 spiro atoms. The average molecular weight is 267 g/mol. The molecule has 0 fully saturated rings. The largest absolute Gasteiger partial charge is 0.320 e. The fraction of sp³-hybridized carbons (Fsp3) is 0.368. The van der Waals surface area contributed by atoms with Gasteiger partial charge in [0, 0.05) is 0 Å². The van der Waals surface area contributed by atoms with Crippen LogP contribution in [0.1, 0.15) is 36.0 Å². The predicted molar refractivity (Wildman–Crippen MR) is 87.2 cm³/mol. The lowest BCUT2D eigenvalue weighted by Gasteiger charge is -2.05. The van der Waals surface area contributed by atoms with Gasteiger partial charge in [-0.2, -0.15) is 0 Å². The van der Waals surface area contributed by atoms with Crippen molar-refractivity contribution < 1.29 is 0 Å². The molecule has 0 radical (unpaired) electrons. The summed E-state index contributed by atoms with van der Waals surface area (Å²) in [6.07, 6.45) is 6.12. The Kier molecular flexibility index (Phi) is 6.33. The van der Waals surface area contributed by atoms with E-state index in [1.54, 1.807) is 0 Å². The van der Waals surface area contributed by atoms with Gasteiger partial charge in [-0.1, -0.05) is 61.0 Å². The molecule has 0 aromatic heterocycles. The molecule has 1 nitrogen and oxygen atoms in total. The molecular weight excluding hydrogens is 242 g/mol. The second-order valence-electron chi connectivity index (χ2n) is 5.39. The number of benzene rings is 2. The molecule has 0 amide bonds. The zero-order valence-electron chi connectivity index (χ0n) is 12.4. The van der Waals surface area contributed by atoms with E-state index in [0.29, 0.717) is 0 Å². The van der Waals surface area contributed by atoms with Gasteiger partial charge in [0.2, 0.25) is 0 Å². The van der Waals surface area contributed by atoms with Gasteiger partial charge in [-0.3, -0.25) is 0 Å². The summed E-state index contributed by atoms with van der Waals surface area (Å²) >= 11 is 0. The third-order valence-corrected chi connectivity index (χ3v) is 3.67. The van der Waals surface area contributed by atoms with Crippen LogP contribution in [-0.4, -0.2) is 13.6 Å². The van der Waals surface area contributed by atoms with Crippen molar-refractivity contribution in [1.29, 1.82) is 0 Å². The topological polar surface area (TPSA) is 12.0 Å². The predicted octanol–water partition coefficient (Wildman–Crippen LogP) is 4.21. The first-order chi connectivity index (χ1) is 9.88. The lowest BCUT2D eigenvalue weighted by molar-refractivity contribution is 0.642. The Labute approximate surface area is 123 Å². The van der Waals surface area contributed by atoms with Crippen molar-refractivity contribution in [3.8, 4) is 0 Å². The number of unbranched alkanes of at least 4 members (excludes halogenated alkanes) is 2. The monoisotopic (exact) mass is 267 g/mol. The van der Waals surface area contributed by atoms with Gasteiger partial charge in [-0.05, 0) is 56.0 Å². The minimum atomic E-state index is 1.03. The van der Waals surface area contributed by atoms with E-state index in [1.165, 1.54) is 42.4 Å². The van der Waals surface area contributed by atoms with E-state index < -0.39 is 0 Å². The highest BCUT2D eigenvalue weighted by Crippen LogP contribution is 2.12. The molecule has 0 aliphatic carbocycles. The molecule has 0 unspecified atom stereocenters. The molecule has 2 aromatic carbocycles. The standard InChI is InChI=1S/C19H25N/c1-20-15-7-3-6-8-17-11-13-19(14-12-17)16-18-9-4-2-5-10-18/h2,4-5,9-14,20H,3,6-8,15-16H2,1H3. The number of hydrogen-bond acceptors (Lipinski definition) is 1. The highest BCUT2D eigenvalue weighted by Gasteiger charge is 1.97. The number of hydrogen-bond donors (Lipinski definition) is 1. The molecule has 2 rings (SSSR count). The first kappa shape index (κ1) is 14.8. The second kappa shape index (κ2) is 8.55. The van der Waals surface area contributed by atoms with Crippen LogP contribution in [0.25, 0.3) is 0 Å². The first-order valence-electron chi connectivity index (χ1n) is 7.65. The zero-order chi connectivity index (χ0) is 14.0. The highest BCUT2D eigenvalue weighted by molar-refractivity contribution is 5.28. The van der Waals surface area contributed by atoms with Gasteiger partial charge in [-0.15, -0.1) is 0 Å². The van der Waals surface area contributed by atoms with E-state index in [-0.39, 0.29) is 0 Å². The van der Waals surface area contributed by atoms with Gasteiger partial charge < -0.3 is 5.32 Å². The fourth-order valence-electron chi connectivity index (χ4n) is 2.46. The molecule has 20 heavy (non-hydrogen) atoms. The minimum absolute atomic E-state index is 1.03. The molecule has 106 valence electrons. The second-order valence-corrected chi connectivity index (χ2v) is 5.39. The molecule has 2 aromatic rings. The summed E-state index contributed by atoms with van der Waals surface area (Å²) in [7, 11) is 2.02. The Bertz CT molecular complexity index is 473. The Hall–Kier alpha value is -1.60. The lowest BCUT2D eigenvalue weighted by atomic mass is 10.0. The average Bonchev–Trinajstić information content (AvgIpc) is 2.50. The van der Waals surface area contributed by atoms with Crippen LogP contribution in [0.3, 0.4) is 0 Å². The van der Waals surface area contributed by atoms with E-state index in [1.807, 2.05) is 7.05 Å². The maximum atomic E-state index is 3.20. The van der Waals surface area contributed by atoms with Crippen molar-refractivity contribution in [2.45, 2.75) is 32.1 Å². The van der Waals surface area contributed by atoms with Gasteiger partial charge in [-0.25, -0.2) is 0 Å². The van der Waals surface area contributed by atoms with Crippen LogP contribution in [0.15, 0.2) is 54.6 Å². The van der Waals surface area contributed by atoms with Crippen molar-refractivity contribution in [1.82, 2.24) is 5.32 Å². The Morgan fingerprint density at radius 1 is 0.700 bits per heavy atom. The van der Waals surface area contributed by atoms with Crippen LogP contribution in [0, 0.1) is 0 Å². The summed E-state index contributed by atoms with van der Waals surface area (Å²) < 4.78 is 0. The maximum absolute atomic E-state index is 3.20. The van der Waals surface area contributed by atoms with Gasteiger partial charge >= 0.3 is 0 Å². The van der Waals surface area contributed by atoms with Crippen LogP contribution in [0.4, 0.5) is 0 Å². The maximum Gasteiger partial charge on any atom is -0.00258 e. The van der Waals surface area contributed by atoms with Crippen molar-refractivity contribution >= 4 is 0 Å². The molecule has 0 bridgehead atoms. The molecule has 0 heterocycles. The molecular formula is C19H25N. The number of nitrogens with one attached hydrogen (secondary N) is 1. The van der Waals surface area contributed by atoms with Crippen molar-refractivity contribution in [3.63, 3.8) is 0 Å². The summed E-state index contributed by atoms with van der Waals surface area (Å²) in [5.41, 5.74) is 4.24. The van der Waals surface area contributed by atoms with Gasteiger partial charge in [0.15, 0.2) is 0 Å². The van der Waals surface area contributed by atoms with E-state index in [0.717, 1.165) is 13.0 Å². The normalized spacial score (nSPS) is 10.7. The molecule has 1 N–H and O–H groups in total. The van der Waals surface area contributed by atoms with Crippen LogP contribution in [0.2, 0.25) is 0 Å². The van der Waals surface area contributed by atoms with E-state index in [4.69, 9.17) is 0 Å². The van der Waals surface area contributed by atoms with Crippen molar-refractivity contribution in [3.05, 3.63) is 71.3 Å². The quantitative estimate of drug-likeness (QED) is 0.706. The van der Waals surface area contributed by atoms with Crippen LogP contribution in [-0.2, 0) is 12.8 Å². The van der Waals surface area contributed by atoms with Crippen LogP contribution in [0.5, 0.6) is 0 Å². The molecule has 1 heteroatoms. The molecule has 0 saturated heterocycles. The Morgan fingerprint density at radius 3 is 2.05 bits per heavy atom. The van der Waals surface area contributed by atoms with Crippen molar-refractivity contribution in [2.75, 3.05) is 13.6 Å². The smallest absolute Gasteiger partial charge is 0.00258 e. The first-order valence-corrected chi connectivity index (χ1v) is 7.65. The molecule has 0 atom stereocenters. The third-order valence-electron chi connectivity index (χ3n) is 3.67. The molecule has 0 aliphatic heterocycles. The number of aryl methyl sites for hydroxylation is 1. The lowest BCUT2D eigenvalue weighted by Crippen LogP contribution is -2.07. The van der Waals surface area contributed by atoms with E-state index in [9.17, 15) is 0 Å². The van der Waals surface area contributed by atoms with E-state index in [2.05, 4.69) is 59.9 Å². The molecule has 0 aliphatic rings. The van der Waals surface area contributed by atoms with E-state index >= 15 is 0 Å². The minimum Gasteiger partial charge on any atom is -0.320 e. The molecule has 0 saturated carbocycles. The van der Waals surface area contributed by atoms with Gasteiger partial charge in [0.05, 0.1) is 0 Å². The SMILES string of the molecule is CNCCCCCc1ccc(Cc2ccccc2)cc1. The highest BCUT2D eigenvalue weighted by atomic mass is 14.8. The fourth-order valence-corrected chi connectivity index (χ4v) is 2.46. The zero-order valence-corrected chi connectivity index (χ0v) is 12.4. The number of rotatable bonds is 8. The van der Waals surface area contributed by atoms with Crippen molar-refractivity contribution in [2.24, 2.45) is 0 Å². The summed E-state index contributed by atoms with van der Waals surface area (Å²) in [5, 5.41) is 3.20. The van der Waals surface area contributed by atoms with Crippen LogP contribution < -0.4 is 5.32 Å². The van der Waals surface area contributed by atoms with Gasteiger partial charge in [0.1, 0.15) is 0 Å². The Balaban J connectivity index is 1.78. The van der Waals surface area contributed by atoms with Gasteiger partial charge in [0.25, 0.3) is 0 Å².